The minimum absolute atomic E-state index is 0.205. The Morgan fingerprint density at radius 2 is 2.24 bits per heavy atom. The second-order valence-electron chi connectivity index (χ2n) is 5.29. The van der Waals surface area contributed by atoms with Gasteiger partial charge in [0.05, 0.1) is 18.7 Å². The van der Waals surface area contributed by atoms with E-state index in [4.69, 9.17) is 4.74 Å². The zero-order chi connectivity index (χ0) is 15.5. The molecule has 1 aromatic rings. The normalized spacial score (nSPS) is 17.0. The Kier molecular flexibility index (Phi) is 4.98. The molecule has 0 saturated heterocycles. The summed E-state index contributed by atoms with van der Waals surface area (Å²) in [4.78, 5) is 11.9. The molecule has 1 aliphatic rings. The number of methoxy groups -OCH3 is 1. The third-order valence-electron chi connectivity index (χ3n) is 3.83. The molecule has 0 heterocycles. The van der Waals surface area contributed by atoms with Gasteiger partial charge >= 0.3 is 6.03 Å². The molecule has 2 amide bonds. The van der Waals surface area contributed by atoms with E-state index >= 15 is 0 Å². The van der Waals surface area contributed by atoms with Crippen molar-refractivity contribution in [3.63, 3.8) is 0 Å². The molecule has 1 saturated carbocycles. The fourth-order valence-corrected chi connectivity index (χ4v) is 3.00. The summed E-state index contributed by atoms with van der Waals surface area (Å²) in [7, 11) is 1.49. The number of amides is 2. The lowest BCUT2D eigenvalue weighted by Crippen LogP contribution is -2.40. The number of benzene rings is 1. The fourth-order valence-electron chi connectivity index (χ4n) is 2.27. The molecule has 0 unspecified atom stereocenters. The highest BCUT2D eigenvalue weighted by Crippen LogP contribution is 2.46. The van der Waals surface area contributed by atoms with E-state index in [1.807, 2.05) is 0 Å². The maximum absolute atomic E-state index is 13.9. The summed E-state index contributed by atoms with van der Waals surface area (Å²) in [5, 5.41) is 5.62. The summed E-state index contributed by atoms with van der Waals surface area (Å²) in [5.74, 6) is 0.0514. The molecule has 0 aliphatic heterocycles. The molecule has 0 bridgehead atoms. The largest absolute Gasteiger partial charge is 0.496 e. The van der Waals surface area contributed by atoms with Gasteiger partial charge in [-0.3, -0.25) is 0 Å². The first-order valence-corrected chi connectivity index (χ1v) is 8.16. The predicted molar refractivity (Wildman–Crippen MR) is 83.4 cm³/mol. The SMILES string of the molecule is COc1cccc(F)c1[C@@H](C)NC(=O)NCC1(SC)CC1. The number of carbonyl (C=O) groups is 1. The summed E-state index contributed by atoms with van der Waals surface area (Å²) in [5.41, 5.74) is 0.362. The van der Waals surface area contributed by atoms with Crippen molar-refractivity contribution in [2.45, 2.75) is 30.6 Å². The van der Waals surface area contributed by atoms with Crippen LogP contribution in [-0.4, -0.2) is 30.7 Å². The van der Waals surface area contributed by atoms with Crippen LogP contribution in [0.2, 0.25) is 0 Å². The van der Waals surface area contributed by atoms with Gasteiger partial charge in [-0.15, -0.1) is 0 Å². The summed E-state index contributed by atoms with van der Waals surface area (Å²) >= 11 is 1.78. The van der Waals surface area contributed by atoms with E-state index in [2.05, 4.69) is 16.9 Å². The minimum atomic E-state index is -0.467. The number of halogens is 1. The summed E-state index contributed by atoms with van der Waals surface area (Å²) in [6.45, 7) is 2.38. The van der Waals surface area contributed by atoms with Gasteiger partial charge in [0, 0.05) is 11.3 Å². The number of carbonyl (C=O) groups excluding carboxylic acids is 1. The van der Waals surface area contributed by atoms with Crippen LogP contribution in [0.15, 0.2) is 18.2 Å². The zero-order valence-corrected chi connectivity index (χ0v) is 13.3. The number of hydrogen-bond donors (Lipinski definition) is 2. The predicted octanol–water partition coefficient (Wildman–Crippen LogP) is 3.09. The molecule has 21 heavy (non-hydrogen) atoms. The molecule has 1 aromatic carbocycles. The quantitative estimate of drug-likeness (QED) is 0.848. The second kappa shape index (κ2) is 6.56. The molecule has 1 fully saturated rings. The van der Waals surface area contributed by atoms with Crippen LogP contribution in [0.5, 0.6) is 5.75 Å². The smallest absolute Gasteiger partial charge is 0.315 e. The average Bonchev–Trinajstić information content (AvgIpc) is 3.25. The Bertz CT molecular complexity index is 520. The van der Waals surface area contributed by atoms with Gasteiger partial charge in [-0.1, -0.05) is 6.07 Å². The van der Waals surface area contributed by atoms with E-state index in [9.17, 15) is 9.18 Å². The van der Waals surface area contributed by atoms with Gasteiger partial charge in [0.15, 0.2) is 0 Å². The monoisotopic (exact) mass is 312 g/mol. The highest BCUT2D eigenvalue weighted by Gasteiger charge is 2.42. The Labute approximate surface area is 128 Å². The first-order chi connectivity index (χ1) is 10.0. The van der Waals surface area contributed by atoms with Gasteiger partial charge in [0.1, 0.15) is 11.6 Å². The van der Waals surface area contributed by atoms with Crippen LogP contribution in [0.1, 0.15) is 31.4 Å². The van der Waals surface area contributed by atoms with E-state index in [-0.39, 0.29) is 16.6 Å². The third kappa shape index (κ3) is 3.81. The van der Waals surface area contributed by atoms with Crippen molar-refractivity contribution < 1.29 is 13.9 Å². The Morgan fingerprint density at radius 1 is 1.52 bits per heavy atom. The van der Waals surface area contributed by atoms with Gasteiger partial charge in [0.2, 0.25) is 0 Å². The molecule has 1 atom stereocenters. The van der Waals surface area contributed by atoms with Gasteiger partial charge in [0.25, 0.3) is 0 Å². The van der Waals surface area contributed by atoms with Crippen LogP contribution in [0.3, 0.4) is 0 Å². The van der Waals surface area contributed by atoms with Gasteiger partial charge in [-0.05, 0) is 38.2 Å². The Hall–Kier alpha value is -1.43. The van der Waals surface area contributed by atoms with E-state index in [1.165, 1.54) is 13.2 Å². The van der Waals surface area contributed by atoms with Crippen LogP contribution in [-0.2, 0) is 0 Å². The average molecular weight is 312 g/mol. The van der Waals surface area contributed by atoms with Crippen molar-refractivity contribution in [3.8, 4) is 5.75 Å². The molecule has 4 nitrogen and oxygen atoms in total. The van der Waals surface area contributed by atoms with Crippen LogP contribution >= 0.6 is 11.8 Å². The van der Waals surface area contributed by atoms with E-state index in [0.29, 0.717) is 17.9 Å². The maximum Gasteiger partial charge on any atom is 0.315 e. The number of rotatable bonds is 6. The van der Waals surface area contributed by atoms with Crippen LogP contribution < -0.4 is 15.4 Å². The number of hydrogen-bond acceptors (Lipinski definition) is 3. The van der Waals surface area contributed by atoms with Crippen molar-refractivity contribution in [3.05, 3.63) is 29.6 Å². The minimum Gasteiger partial charge on any atom is -0.496 e. The second-order valence-corrected chi connectivity index (χ2v) is 6.57. The molecule has 0 radical (unpaired) electrons. The summed E-state index contributed by atoms with van der Waals surface area (Å²) in [6, 6.07) is 3.88. The fraction of sp³-hybridized carbons (Fsp3) is 0.533. The lowest BCUT2D eigenvalue weighted by Gasteiger charge is -2.19. The molecule has 6 heteroatoms. The van der Waals surface area contributed by atoms with Gasteiger partial charge in [-0.2, -0.15) is 11.8 Å². The van der Waals surface area contributed by atoms with Crippen molar-refractivity contribution in [2.24, 2.45) is 0 Å². The van der Waals surface area contributed by atoms with Crippen LogP contribution in [0, 0.1) is 5.82 Å². The highest BCUT2D eigenvalue weighted by molar-refractivity contribution is 8.00. The number of ether oxygens (including phenoxy) is 1. The lowest BCUT2D eigenvalue weighted by molar-refractivity contribution is 0.237. The first-order valence-electron chi connectivity index (χ1n) is 6.93. The van der Waals surface area contributed by atoms with Gasteiger partial charge < -0.3 is 15.4 Å². The molecule has 2 rings (SSSR count). The Morgan fingerprint density at radius 3 is 2.81 bits per heavy atom. The summed E-state index contributed by atoms with van der Waals surface area (Å²) in [6.07, 6.45) is 4.32. The third-order valence-corrected chi connectivity index (χ3v) is 5.24. The topological polar surface area (TPSA) is 50.4 Å². The molecule has 2 N–H and O–H groups in total. The zero-order valence-electron chi connectivity index (χ0n) is 12.5. The van der Waals surface area contributed by atoms with Crippen LogP contribution in [0.25, 0.3) is 0 Å². The molecule has 116 valence electrons. The molecule has 0 aromatic heterocycles. The van der Waals surface area contributed by atoms with E-state index in [0.717, 1.165) is 12.8 Å². The van der Waals surface area contributed by atoms with E-state index in [1.54, 1.807) is 30.8 Å². The molecule has 1 aliphatic carbocycles. The van der Waals surface area contributed by atoms with Crippen molar-refractivity contribution >= 4 is 17.8 Å². The first kappa shape index (κ1) is 15.9. The molecule has 0 spiro atoms. The van der Waals surface area contributed by atoms with Crippen molar-refractivity contribution in [2.75, 3.05) is 19.9 Å². The molecular formula is C15H21FN2O2S. The van der Waals surface area contributed by atoms with Crippen molar-refractivity contribution in [1.29, 1.82) is 0 Å². The number of nitrogens with one attached hydrogen (secondary N) is 2. The summed E-state index contributed by atoms with van der Waals surface area (Å²) < 4.78 is 19.3. The maximum atomic E-state index is 13.9. The number of urea groups is 1. The van der Waals surface area contributed by atoms with Gasteiger partial charge in [-0.25, -0.2) is 9.18 Å². The van der Waals surface area contributed by atoms with Crippen molar-refractivity contribution in [1.82, 2.24) is 10.6 Å². The van der Waals surface area contributed by atoms with E-state index < -0.39 is 6.04 Å². The lowest BCUT2D eigenvalue weighted by atomic mass is 10.1. The Balaban J connectivity index is 1.94. The standard InChI is InChI=1S/C15H21FN2O2S/c1-10(13-11(16)5-4-6-12(13)20-2)18-14(19)17-9-15(21-3)7-8-15/h4-6,10H,7-9H2,1-3H3,(H2,17,18,19)/t10-/m1/s1. The number of thioether (sulfide) groups is 1. The van der Waals surface area contributed by atoms with Crippen LogP contribution in [0.4, 0.5) is 9.18 Å². The molecular weight excluding hydrogens is 291 g/mol. The highest BCUT2D eigenvalue weighted by atomic mass is 32.2.